The van der Waals surface area contributed by atoms with Crippen molar-refractivity contribution in [2.24, 2.45) is 0 Å². The second-order valence-corrected chi connectivity index (χ2v) is 4.74. The molecule has 0 bridgehead atoms. The Balaban J connectivity index is 2.56. The number of halogens is 1. The first-order valence-corrected chi connectivity index (χ1v) is 6.47. The highest BCUT2D eigenvalue weighted by atomic mass is 79.9. The van der Waals surface area contributed by atoms with Crippen molar-refractivity contribution in [1.29, 1.82) is 0 Å². The Hall–Kier alpha value is -1.36. The number of ether oxygens (including phenoxy) is 1. The van der Waals surface area contributed by atoms with Crippen LogP contribution in [0.2, 0.25) is 0 Å². The zero-order valence-corrected chi connectivity index (χ0v) is 12.0. The molecular formula is C13H16BrNO3. The van der Waals surface area contributed by atoms with E-state index < -0.39 is 0 Å². The number of carbonyl (C=O) groups excluding carboxylic acids is 2. The molecular weight excluding hydrogens is 298 g/mol. The first-order chi connectivity index (χ1) is 8.54. The van der Waals surface area contributed by atoms with E-state index >= 15 is 0 Å². The van der Waals surface area contributed by atoms with E-state index in [2.05, 4.69) is 21.2 Å². The molecule has 0 heterocycles. The smallest absolute Gasteiger partial charge is 0.219 e. The van der Waals surface area contributed by atoms with E-state index in [9.17, 15) is 9.59 Å². The molecule has 0 atom stereocenters. The third-order valence-corrected chi connectivity index (χ3v) is 2.90. The van der Waals surface area contributed by atoms with Crippen LogP contribution < -0.4 is 10.1 Å². The minimum atomic E-state index is -0.0439. The van der Waals surface area contributed by atoms with E-state index in [4.69, 9.17) is 4.74 Å². The van der Waals surface area contributed by atoms with Crippen LogP contribution in [0.25, 0.3) is 0 Å². The van der Waals surface area contributed by atoms with E-state index in [0.29, 0.717) is 30.8 Å². The number of Topliss-reactive ketones (excluding diaryl/α,β-unsaturated/α-hetero) is 1. The predicted octanol–water partition coefficient (Wildman–Crippen LogP) is 2.56. The van der Waals surface area contributed by atoms with E-state index in [1.807, 2.05) is 6.07 Å². The van der Waals surface area contributed by atoms with Crippen LogP contribution in [-0.4, -0.2) is 25.3 Å². The van der Waals surface area contributed by atoms with Crippen molar-refractivity contribution < 1.29 is 14.3 Å². The largest absolute Gasteiger partial charge is 0.493 e. The summed E-state index contributed by atoms with van der Waals surface area (Å²) in [6.07, 6.45) is 1.04. The maximum absolute atomic E-state index is 11.4. The fourth-order valence-corrected chi connectivity index (χ4v) is 1.80. The number of amides is 1. The SMILES string of the molecule is CNC(=O)CCCOc1ccc(Br)cc1C(C)=O. The van der Waals surface area contributed by atoms with Crippen LogP contribution in [0.15, 0.2) is 22.7 Å². The molecule has 0 aliphatic carbocycles. The van der Waals surface area contributed by atoms with Gasteiger partial charge in [0.05, 0.1) is 12.2 Å². The van der Waals surface area contributed by atoms with Crippen molar-refractivity contribution in [1.82, 2.24) is 5.32 Å². The summed E-state index contributed by atoms with van der Waals surface area (Å²) in [6.45, 7) is 1.91. The van der Waals surface area contributed by atoms with Gasteiger partial charge in [0, 0.05) is 17.9 Å². The molecule has 0 aliphatic heterocycles. The number of ketones is 1. The van der Waals surface area contributed by atoms with Crippen LogP contribution >= 0.6 is 15.9 Å². The van der Waals surface area contributed by atoms with Gasteiger partial charge < -0.3 is 10.1 Å². The molecule has 1 aromatic rings. The van der Waals surface area contributed by atoms with Gasteiger partial charge in [0.1, 0.15) is 5.75 Å². The number of carbonyl (C=O) groups is 2. The molecule has 1 aromatic carbocycles. The Morgan fingerprint density at radius 1 is 1.39 bits per heavy atom. The average Bonchev–Trinajstić information content (AvgIpc) is 2.35. The molecule has 0 saturated carbocycles. The van der Waals surface area contributed by atoms with Crippen molar-refractivity contribution in [3.63, 3.8) is 0 Å². The first-order valence-electron chi connectivity index (χ1n) is 5.68. The Bertz CT molecular complexity index is 446. The lowest BCUT2D eigenvalue weighted by Crippen LogP contribution is -2.18. The first kappa shape index (κ1) is 14.7. The quantitative estimate of drug-likeness (QED) is 0.648. The van der Waals surface area contributed by atoms with Crippen molar-refractivity contribution in [2.75, 3.05) is 13.7 Å². The summed E-state index contributed by atoms with van der Waals surface area (Å²) in [4.78, 5) is 22.5. The molecule has 1 amide bonds. The highest BCUT2D eigenvalue weighted by Gasteiger charge is 2.09. The fraction of sp³-hybridized carbons (Fsp3) is 0.385. The number of rotatable bonds is 6. The van der Waals surface area contributed by atoms with Crippen LogP contribution in [0.1, 0.15) is 30.1 Å². The summed E-state index contributed by atoms with van der Waals surface area (Å²) < 4.78 is 6.37. The normalized spacial score (nSPS) is 9.94. The topological polar surface area (TPSA) is 55.4 Å². The van der Waals surface area contributed by atoms with E-state index in [1.165, 1.54) is 6.92 Å². The second-order valence-electron chi connectivity index (χ2n) is 3.82. The molecule has 0 unspecified atom stereocenters. The van der Waals surface area contributed by atoms with Gasteiger partial charge in [-0.3, -0.25) is 9.59 Å². The standard InChI is InChI=1S/C13H16BrNO3/c1-9(16)11-8-10(14)5-6-12(11)18-7-3-4-13(17)15-2/h5-6,8H,3-4,7H2,1-2H3,(H,15,17). The van der Waals surface area contributed by atoms with Crippen LogP contribution in [0.5, 0.6) is 5.75 Å². The Morgan fingerprint density at radius 2 is 2.11 bits per heavy atom. The highest BCUT2D eigenvalue weighted by Crippen LogP contribution is 2.23. The van der Waals surface area contributed by atoms with Gasteiger partial charge in [-0.1, -0.05) is 15.9 Å². The number of hydrogen-bond donors (Lipinski definition) is 1. The van der Waals surface area contributed by atoms with Crippen LogP contribution in [0, 0.1) is 0 Å². The molecule has 18 heavy (non-hydrogen) atoms. The molecule has 0 aromatic heterocycles. The fourth-order valence-electron chi connectivity index (χ4n) is 1.44. The summed E-state index contributed by atoms with van der Waals surface area (Å²) in [5.41, 5.74) is 0.546. The third kappa shape index (κ3) is 4.49. The second kappa shape index (κ2) is 7.16. The molecule has 1 N–H and O–H groups in total. The van der Waals surface area contributed by atoms with Gasteiger partial charge in [-0.25, -0.2) is 0 Å². The van der Waals surface area contributed by atoms with Crippen molar-refractivity contribution >= 4 is 27.6 Å². The maximum Gasteiger partial charge on any atom is 0.219 e. The van der Waals surface area contributed by atoms with Crippen molar-refractivity contribution in [3.8, 4) is 5.75 Å². The van der Waals surface area contributed by atoms with Gasteiger partial charge >= 0.3 is 0 Å². The zero-order chi connectivity index (χ0) is 13.5. The lowest BCUT2D eigenvalue weighted by molar-refractivity contribution is -0.120. The lowest BCUT2D eigenvalue weighted by atomic mass is 10.1. The Morgan fingerprint density at radius 3 is 2.72 bits per heavy atom. The summed E-state index contributed by atoms with van der Waals surface area (Å²) in [7, 11) is 1.60. The van der Waals surface area contributed by atoms with Crippen molar-refractivity contribution in [3.05, 3.63) is 28.2 Å². The molecule has 0 aliphatic rings. The van der Waals surface area contributed by atoms with Gasteiger partial charge in [0.25, 0.3) is 0 Å². The van der Waals surface area contributed by atoms with Gasteiger partial charge in [-0.2, -0.15) is 0 Å². The maximum atomic E-state index is 11.4. The summed E-state index contributed by atoms with van der Waals surface area (Å²) in [5.74, 6) is 0.501. The molecule has 0 spiro atoms. The molecule has 5 heteroatoms. The molecule has 0 radical (unpaired) electrons. The van der Waals surface area contributed by atoms with E-state index in [0.717, 1.165) is 4.47 Å². The molecule has 98 valence electrons. The average molecular weight is 314 g/mol. The number of nitrogens with one attached hydrogen (secondary N) is 1. The molecule has 1 rings (SSSR count). The Kier molecular flexibility index (Phi) is 5.85. The monoisotopic (exact) mass is 313 g/mol. The van der Waals surface area contributed by atoms with E-state index in [-0.39, 0.29) is 11.7 Å². The third-order valence-electron chi connectivity index (χ3n) is 2.41. The van der Waals surface area contributed by atoms with Gasteiger partial charge in [0.2, 0.25) is 5.91 Å². The zero-order valence-electron chi connectivity index (χ0n) is 10.5. The summed E-state index contributed by atoms with van der Waals surface area (Å²) in [5, 5.41) is 2.55. The Labute approximate surface area is 115 Å². The molecule has 0 saturated heterocycles. The summed E-state index contributed by atoms with van der Waals surface area (Å²) >= 11 is 3.31. The highest BCUT2D eigenvalue weighted by molar-refractivity contribution is 9.10. The van der Waals surface area contributed by atoms with E-state index in [1.54, 1.807) is 19.2 Å². The predicted molar refractivity (Wildman–Crippen MR) is 72.9 cm³/mol. The minimum absolute atomic E-state index is 0.0128. The van der Waals surface area contributed by atoms with Crippen LogP contribution in [-0.2, 0) is 4.79 Å². The molecule has 4 nitrogen and oxygen atoms in total. The van der Waals surface area contributed by atoms with Crippen molar-refractivity contribution in [2.45, 2.75) is 19.8 Å². The minimum Gasteiger partial charge on any atom is -0.493 e. The number of benzene rings is 1. The molecule has 0 fully saturated rings. The number of hydrogen-bond acceptors (Lipinski definition) is 3. The van der Waals surface area contributed by atoms with Gasteiger partial charge in [-0.15, -0.1) is 0 Å². The summed E-state index contributed by atoms with van der Waals surface area (Å²) in [6, 6.07) is 5.30. The van der Waals surface area contributed by atoms with Crippen LogP contribution in [0.3, 0.4) is 0 Å². The van der Waals surface area contributed by atoms with Gasteiger partial charge in [-0.05, 0) is 31.5 Å². The van der Waals surface area contributed by atoms with Gasteiger partial charge in [0.15, 0.2) is 5.78 Å². The lowest BCUT2D eigenvalue weighted by Gasteiger charge is -2.10. The van der Waals surface area contributed by atoms with Crippen LogP contribution in [0.4, 0.5) is 0 Å².